The molecule has 4 atom stereocenters. The number of hydrazone groups is 1. The number of imide groups is 1. The van der Waals surface area contributed by atoms with E-state index in [1.165, 1.54) is 20.4 Å². The van der Waals surface area contributed by atoms with E-state index in [0.29, 0.717) is 22.1 Å². The van der Waals surface area contributed by atoms with E-state index in [-0.39, 0.29) is 35.5 Å². The number of amides is 2. The number of benzene rings is 1. The quantitative estimate of drug-likeness (QED) is 0.461. The van der Waals surface area contributed by atoms with Crippen molar-refractivity contribution in [2.75, 3.05) is 14.2 Å². The van der Waals surface area contributed by atoms with Crippen molar-refractivity contribution in [1.82, 2.24) is 5.01 Å². The van der Waals surface area contributed by atoms with Gasteiger partial charge in [-0.1, -0.05) is 23.8 Å². The third-order valence-electron chi connectivity index (χ3n) is 5.55. The SMILES string of the molecule is COc1cc(OC)c(/C=N\N2C(=O)[C@H]3[C@H](C2=O)[C@H]2C=C[C@H]3CC2)cc1Cl. The molecule has 4 aliphatic rings. The highest BCUT2D eigenvalue weighted by molar-refractivity contribution is 6.32. The van der Waals surface area contributed by atoms with E-state index in [4.69, 9.17) is 21.1 Å². The minimum absolute atomic E-state index is 0.145. The molecule has 0 spiro atoms. The van der Waals surface area contributed by atoms with Gasteiger partial charge in [-0.05, 0) is 30.7 Å². The number of carbonyl (C=O) groups is 2. The number of rotatable bonds is 4. The first-order valence-corrected chi connectivity index (χ1v) is 8.94. The first kappa shape index (κ1) is 17.1. The lowest BCUT2D eigenvalue weighted by atomic mass is 9.63. The molecule has 2 fully saturated rings. The van der Waals surface area contributed by atoms with Crippen LogP contribution in [0.2, 0.25) is 5.02 Å². The molecule has 1 heterocycles. The first-order valence-electron chi connectivity index (χ1n) is 8.56. The summed E-state index contributed by atoms with van der Waals surface area (Å²) in [6.45, 7) is 0. The minimum atomic E-state index is -0.273. The van der Waals surface area contributed by atoms with Crippen molar-refractivity contribution in [3.8, 4) is 11.5 Å². The van der Waals surface area contributed by atoms with Gasteiger partial charge in [-0.2, -0.15) is 10.1 Å². The monoisotopic (exact) mass is 374 g/mol. The van der Waals surface area contributed by atoms with E-state index in [1.54, 1.807) is 12.1 Å². The number of ether oxygens (including phenoxy) is 2. The molecule has 0 unspecified atom stereocenters. The van der Waals surface area contributed by atoms with Gasteiger partial charge in [0.2, 0.25) is 0 Å². The summed E-state index contributed by atoms with van der Waals surface area (Å²) in [6.07, 6.45) is 7.52. The summed E-state index contributed by atoms with van der Waals surface area (Å²) in [4.78, 5) is 25.5. The molecule has 1 aromatic rings. The summed E-state index contributed by atoms with van der Waals surface area (Å²) in [5.41, 5.74) is 0.565. The minimum Gasteiger partial charge on any atom is -0.496 e. The zero-order chi connectivity index (χ0) is 18.4. The van der Waals surface area contributed by atoms with E-state index in [1.807, 2.05) is 0 Å². The number of nitrogens with zero attached hydrogens (tertiary/aromatic N) is 2. The normalized spacial score (nSPS) is 29.6. The highest BCUT2D eigenvalue weighted by Gasteiger charge is 2.56. The summed E-state index contributed by atoms with van der Waals surface area (Å²) >= 11 is 6.16. The Hall–Kier alpha value is -2.34. The smallest absolute Gasteiger partial charge is 0.254 e. The van der Waals surface area contributed by atoms with Gasteiger partial charge in [-0.25, -0.2) is 0 Å². The van der Waals surface area contributed by atoms with Crippen molar-refractivity contribution in [2.24, 2.45) is 28.8 Å². The molecule has 26 heavy (non-hydrogen) atoms. The highest BCUT2D eigenvalue weighted by atomic mass is 35.5. The van der Waals surface area contributed by atoms with Crippen LogP contribution in [-0.2, 0) is 9.59 Å². The summed E-state index contributed by atoms with van der Waals surface area (Å²) in [5.74, 6) is 0.284. The maximum absolute atomic E-state index is 12.8. The fourth-order valence-electron chi connectivity index (χ4n) is 4.28. The van der Waals surface area contributed by atoms with E-state index in [9.17, 15) is 9.59 Å². The van der Waals surface area contributed by atoms with Gasteiger partial charge in [-0.3, -0.25) is 9.59 Å². The second kappa shape index (κ2) is 6.43. The number of fused-ring (bicyclic) bond motifs is 1. The topological polar surface area (TPSA) is 68.2 Å². The van der Waals surface area contributed by atoms with Crippen LogP contribution >= 0.6 is 11.6 Å². The molecule has 3 aliphatic carbocycles. The van der Waals surface area contributed by atoms with Crippen molar-refractivity contribution in [2.45, 2.75) is 12.8 Å². The molecular weight excluding hydrogens is 356 g/mol. The Kier molecular flexibility index (Phi) is 4.23. The Morgan fingerprint density at radius 3 is 2.12 bits per heavy atom. The van der Waals surface area contributed by atoms with Crippen LogP contribution in [0, 0.1) is 23.7 Å². The second-order valence-corrected chi connectivity index (χ2v) is 7.21. The number of carbonyl (C=O) groups excluding carboxylic acids is 2. The molecular formula is C19H19ClN2O4. The fourth-order valence-corrected chi connectivity index (χ4v) is 4.53. The van der Waals surface area contributed by atoms with Crippen molar-refractivity contribution in [3.63, 3.8) is 0 Å². The van der Waals surface area contributed by atoms with Crippen LogP contribution in [0.5, 0.6) is 11.5 Å². The van der Waals surface area contributed by atoms with Crippen molar-refractivity contribution in [3.05, 3.63) is 34.9 Å². The number of hydrogen-bond acceptors (Lipinski definition) is 5. The Morgan fingerprint density at radius 1 is 1.04 bits per heavy atom. The summed E-state index contributed by atoms with van der Waals surface area (Å²) in [5, 5.41) is 5.60. The largest absolute Gasteiger partial charge is 0.496 e. The maximum Gasteiger partial charge on any atom is 0.254 e. The van der Waals surface area contributed by atoms with Crippen LogP contribution < -0.4 is 9.47 Å². The van der Waals surface area contributed by atoms with Crippen LogP contribution in [-0.4, -0.2) is 37.3 Å². The molecule has 5 rings (SSSR count). The molecule has 2 amide bonds. The lowest BCUT2D eigenvalue weighted by molar-refractivity contribution is -0.140. The molecule has 1 saturated carbocycles. The van der Waals surface area contributed by atoms with Gasteiger partial charge < -0.3 is 9.47 Å². The molecule has 0 aromatic heterocycles. The van der Waals surface area contributed by atoms with Crippen LogP contribution in [0.4, 0.5) is 0 Å². The van der Waals surface area contributed by atoms with Crippen LogP contribution in [0.15, 0.2) is 29.4 Å². The van der Waals surface area contributed by atoms with Gasteiger partial charge in [0.25, 0.3) is 11.8 Å². The van der Waals surface area contributed by atoms with Crippen LogP contribution in [0.3, 0.4) is 0 Å². The third kappa shape index (κ3) is 2.51. The average Bonchev–Trinajstić information content (AvgIpc) is 2.94. The van der Waals surface area contributed by atoms with Crippen LogP contribution in [0.1, 0.15) is 18.4 Å². The van der Waals surface area contributed by atoms with Crippen molar-refractivity contribution >= 4 is 29.6 Å². The zero-order valence-corrected chi connectivity index (χ0v) is 15.3. The molecule has 1 saturated heterocycles. The van der Waals surface area contributed by atoms with Gasteiger partial charge in [0.05, 0.1) is 37.3 Å². The highest BCUT2D eigenvalue weighted by Crippen LogP contribution is 2.49. The fraction of sp³-hybridized carbons (Fsp3) is 0.421. The molecule has 1 aromatic carbocycles. The van der Waals surface area contributed by atoms with Gasteiger partial charge >= 0.3 is 0 Å². The van der Waals surface area contributed by atoms with Gasteiger partial charge in [0.1, 0.15) is 11.5 Å². The number of allylic oxidation sites excluding steroid dienone is 2. The van der Waals surface area contributed by atoms with Gasteiger partial charge in [0, 0.05) is 11.6 Å². The van der Waals surface area contributed by atoms with Gasteiger partial charge in [0.15, 0.2) is 0 Å². The summed E-state index contributed by atoms with van der Waals surface area (Å²) in [7, 11) is 3.03. The Labute approximate surface area is 156 Å². The molecule has 136 valence electrons. The van der Waals surface area contributed by atoms with Crippen molar-refractivity contribution in [1.29, 1.82) is 0 Å². The second-order valence-electron chi connectivity index (χ2n) is 6.80. The van der Waals surface area contributed by atoms with E-state index in [2.05, 4.69) is 17.3 Å². The lowest BCUT2D eigenvalue weighted by Gasteiger charge is -2.37. The van der Waals surface area contributed by atoms with E-state index in [0.717, 1.165) is 17.9 Å². The van der Waals surface area contributed by atoms with Gasteiger partial charge in [-0.15, -0.1) is 0 Å². The molecule has 1 aliphatic heterocycles. The maximum atomic E-state index is 12.8. The van der Waals surface area contributed by atoms with E-state index >= 15 is 0 Å². The zero-order valence-electron chi connectivity index (χ0n) is 14.5. The molecule has 0 radical (unpaired) electrons. The Bertz CT molecular complexity index is 803. The first-order chi connectivity index (χ1) is 12.5. The third-order valence-corrected chi connectivity index (χ3v) is 5.85. The summed E-state index contributed by atoms with van der Waals surface area (Å²) < 4.78 is 10.5. The Morgan fingerprint density at radius 2 is 1.62 bits per heavy atom. The number of hydrogen-bond donors (Lipinski definition) is 0. The number of methoxy groups -OCH3 is 2. The number of halogens is 1. The van der Waals surface area contributed by atoms with Crippen LogP contribution in [0.25, 0.3) is 0 Å². The van der Waals surface area contributed by atoms with Crippen molar-refractivity contribution < 1.29 is 19.1 Å². The standard InChI is InChI=1S/C19H19ClN2O4/c1-25-14-8-15(26-2)13(20)7-12(14)9-21-22-18(23)16-10-3-4-11(6-5-10)17(16)19(22)24/h3-4,7-11,16-17H,5-6H2,1-2H3/b21-9-/t10-,11-,16+,17+/m0/s1. The summed E-state index contributed by atoms with van der Waals surface area (Å²) in [6, 6.07) is 3.27. The predicted octanol–water partition coefficient (Wildman–Crippen LogP) is 2.89. The average molecular weight is 375 g/mol. The lowest BCUT2D eigenvalue weighted by Crippen LogP contribution is -2.38. The molecule has 0 N–H and O–H groups in total. The van der Waals surface area contributed by atoms with E-state index < -0.39 is 0 Å². The molecule has 7 heteroatoms. The molecule has 2 bridgehead atoms. The molecule has 6 nitrogen and oxygen atoms in total. The Balaban J connectivity index is 1.63. The predicted molar refractivity (Wildman–Crippen MR) is 96.3 cm³/mol.